The minimum absolute atomic E-state index is 0.124. The first kappa shape index (κ1) is 17.2. The molecule has 0 aliphatic heterocycles. The number of hydrogen-bond donors (Lipinski definition) is 1. The van der Waals surface area contributed by atoms with Crippen LogP contribution in [-0.4, -0.2) is 46.9 Å². The Morgan fingerprint density at radius 1 is 1.43 bits per heavy atom. The molecule has 0 atom stereocenters. The van der Waals surface area contributed by atoms with E-state index in [2.05, 4.69) is 15.4 Å². The second kappa shape index (κ2) is 7.94. The van der Waals surface area contributed by atoms with Crippen molar-refractivity contribution in [3.05, 3.63) is 45.5 Å². The van der Waals surface area contributed by atoms with Gasteiger partial charge in [-0.3, -0.25) is 4.79 Å². The molecule has 2 heterocycles. The number of ether oxygens (including phenoxy) is 1. The Hall–Kier alpha value is -2.12. The summed E-state index contributed by atoms with van der Waals surface area (Å²) in [6.45, 7) is 1.88. The molecule has 8 heteroatoms. The highest BCUT2D eigenvalue weighted by atomic mass is 35.5. The average Bonchev–Trinajstić information content (AvgIpc) is 2.52. The van der Waals surface area contributed by atoms with Gasteiger partial charge in [0.15, 0.2) is 0 Å². The van der Waals surface area contributed by atoms with E-state index in [0.717, 1.165) is 12.1 Å². The van der Waals surface area contributed by atoms with Gasteiger partial charge in [-0.2, -0.15) is 5.10 Å². The summed E-state index contributed by atoms with van der Waals surface area (Å²) in [5.74, 6) is 0.569. The van der Waals surface area contributed by atoms with Gasteiger partial charge in [0.2, 0.25) is 5.88 Å². The van der Waals surface area contributed by atoms with Crippen LogP contribution in [0.15, 0.2) is 29.3 Å². The summed E-state index contributed by atoms with van der Waals surface area (Å²) in [6.07, 6.45) is 3.21. The van der Waals surface area contributed by atoms with Crippen LogP contribution in [0, 0.1) is 0 Å². The minimum atomic E-state index is -0.334. The van der Waals surface area contributed by atoms with Gasteiger partial charge >= 0.3 is 0 Å². The fraction of sp³-hybridized carbons (Fsp3) is 0.400. The molecule has 23 heavy (non-hydrogen) atoms. The summed E-state index contributed by atoms with van der Waals surface area (Å²) >= 11 is 6.02. The smallest absolute Gasteiger partial charge is 0.287 e. The SMILES string of the molecule is CN(C)CCOc1cc(CNc2cnn(C)c(=O)c2Cl)ccn1. The molecular formula is C15H20ClN5O2. The van der Waals surface area contributed by atoms with Crippen LogP contribution in [0.4, 0.5) is 5.69 Å². The van der Waals surface area contributed by atoms with Gasteiger partial charge in [0.25, 0.3) is 5.56 Å². The number of hydrogen-bond acceptors (Lipinski definition) is 6. The van der Waals surface area contributed by atoms with E-state index in [1.807, 2.05) is 31.1 Å². The Morgan fingerprint density at radius 2 is 2.22 bits per heavy atom. The van der Waals surface area contributed by atoms with Crippen molar-refractivity contribution in [1.29, 1.82) is 0 Å². The van der Waals surface area contributed by atoms with Crippen molar-refractivity contribution in [1.82, 2.24) is 19.7 Å². The highest BCUT2D eigenvalue weighted by Crippen LogP contribution is 2.17. The quantitative estimate of drug-likeness (QED) is 0.823. The summed E-state index contributed by atoms with van der Waals surface area (Å²) in [7, 11) is 5.52. The highest BCUT2D eigenvalue weighted by molar-refractivity contribution is 6.32. The van der Waals surface area contributed by atoms with Crippen molar-refractivity contribution >= 4 is 17.3 Å². The molecule has 124 valence electrons. The van der Waals surface area contributed by atoms with E-state index in [1.54, 1.807) is 13.2 Å². The molecule has 2 aromatic heterocycles. The maximum absolute atomic E-state index is 11.7. The fourth-order valence-corrected chi connectivity index (χ4v) is 2.04. The van der Waals surface area contributed by atoms with Gasteiger partial charge in [0.05, 0.1) is 11.9 Å². The Balaban J connectivity index is 1.98. The number of likely N-dealkylation sites (N-methyl/N-ethyl adjacent to an activating group) is 1. The first-order valence-corrected chi connectivity index (χ1v) is 7.53. The standard InChI is InChI=1S/C15H20ClN5O2/c1-20(2)6-7-23-13-8-11(4-5-17-13)9-18-12-10-19-21(3)15(22)14(12)16/h4-5,8,10,18H,6-7,9H2,1-3H3. The van der Waals surface area contributed by atoms with Gasteiger partial charge in [0.1, 0.15) is 11.6 Å². The Kier molecular flexibility index (Phi) is 5.95. The molecule has 2 rings (SSSR count). The number of pyridine rings is 1. The van der Waals surface area contributed by atoms with E-state index in [-0.39, 0.29) is 10.6 Å². The second-order valence-corrected chi connectivity index (χ2v) is 5.69. The summed E-state index contributed by atoms with van der Waals surface area (Å²) in [5.41, 5.74) is 1.14. The van der Waals surface area contributed by atoms with E-state index < -0.39 is 0 Å². The topological polar surface area (TPSA) is 72.3 Å². The van der Waals surface area contributed by atoms with Gasteiger partial charge in [-0.25, -0.2) is 9.67 Å². The number of aryl methyl sites for hydroxylation is 1. The zero-order chi connectivity index (χ0) is 16.8. The summed E-state index contributed by atoms with van der Waals surface area (Å²) in [4.78, 5) is 17.9. The Bertz CT molecular complexity index is 717. The minimum Gasteiger partial charge on any atom is -0.476 e. The number of nitrogens with one attached hydrogen (secondary N) is 1. The molecule has 0 spiro atoms. The van der Waals surface area contributed by atoms with Gasteiger partial charge < -0.3 is 15.0 Å². The second-order valence-electron chi connectivity index (χ2n) is 5.31. The lowest BCUT2D eigenvalue weighted by Gasteiger charge is -2.12. The maximum atomic E-state index is 11.7. The number of nitrogens with zero attached hydrogens (tertiary/aromatic N) is 4. The molecule has 0 aromatic carbocycles. The maximum Gasteiger partial charge on any atom is 0.287 e. The molecule has 2 aromatic rings. The zero-order valence-electron chi connectivity index (χ0n) is 13.4. The molecule has 0 aliphatic rings. The van der Waals surface area contributed by atoms with Crippen molar-refractivity contribution in [2.75, 3.05) is 32.6 Å². The Labute approximate surface area is 139 Å². The van der Waals surface area contributed by atoms with Gasteiger partial charge in [-0.05, 0) is 25.7 Å². The fourth-order valence-electron chi connectivity index (χ4n) is 1.80. The van der Waals surface area contributed by atoms with Crippen molar-refractivity contribution in [3.8, 4) is 5.88 Å². The molecule has 0 radical (unpaired) electrons. The molecule has 1 N–H and O–H groups in total. The van der Waals surface area contributed by atoms with Crippen LogP contribution >= 0.6 is 11.6 Å². The largest absolute Gasteiger partial charge is 0.476 e. The van der Waals surface area contributed by atoms with Crippen molar-refractivity contribution in [2.24, 2.45) is 7.05 Å². The summed E-state index contributed by atoms with van der Waals surface area (Å²) in [6, 6.07) is 3.72. The van der Waals surface area contributed by atoms with Gasteiger partial charge in [-0.1, -0.05) is 11.6 Å². The predicted octanol–water partition coefficient (Wildman–Crippen LogP) is 1.38. The van der Waals surface area contributed by atoms with Gasteiger partial charge in [0, 0.05) is 32.4 Å². The Morgan fingerprint density at radius 3 is 2.96 bits per heavy atom. The predicted molar refractivity (Wildman–Crippen MR) is 90.1 cm³/mol. The molecular weight excluding hydrogens is 318 g/mol. The van der Waals surface area contributed by atoms with Crippen LogP contribution < -0.4 is 15.6 Å². The van der Waals surface area contributed by atoms with Crippen molar-refractivity contribution in [2.45, 2.75) is 6.54 Å². The molecule has 0 unspecified atom stereocenters. The summed E-state index contributed by atoms with van der Waals surface area (Å²) in [5, 5.41) is 7.17. The first-order chi connectivity index (χ1) is 11.0. The monoisotopic (exact) mass is 337 g/mol. The van der Waals surface area contributed by atoms with Crippen LogP contribution in [0.5, 0.6) is 5.88 Å². The lowest BCUT2D eigenvalue weighted by molar-refractivity contribution is 0.253. The van der Waals surface area contributed by atoms with E-state index in [0.29, 0.717) is 24.7 Å². The third-order valence-electron chi connectivity index (χ3n) is 3.15. The highest BCUT2D eigenvalue weighted by Gasteiger charge is 2.07. The molecule has 7 nitrogen and oxygen atoms in total. The number of anilines is 1. The van der Waals surface area contributed by atoms with Crippen LogP contribution in [0.1, 0.15) is 5.56 Å². The zero-order valence-corrected chi connectivity index (χ0v) is 14.2. The average molecular weight is 338 g/mol. The number of halogens is 1. The third kappa shape index (κ3) is 4.94. The lowest BCUT2D eigenvalue weighted by atomic mass is 10.2. The van der Waals surface area contributed by atoms with E-state index in [4.69, 9.17) is 16.3 Å². The lowest BCUT2D eigenvalue weighted by Crippen LogP contribution is -2.21. The molecule has 0 saturated heterocycles. The van der Waals surface area contributed by atoms with Crippen LogP contribution in [0.3, 0.4) is 0 Å². The van der Waals surface area contributed by atoms with Crippen molar-refractivity contribution in [3.63, 3.8) is 0 Å². The van der Waals surface area contributed by atoms with E-state index >= 15 is 0 Å². The van der Waals surface area contributed by atoms with E-state index in [9.17, 15) is 4.79 Å². The first-order valence-electron chi connectivity index (χ1n) is 7.15. The van der Waals surface area contributed by atoms with Crippen LogP contribution in [-0.2, 0) is 13.6 Å². The van der Waals surface area contributed by atoms with E-state index in [1.165, 1.54) is 10.9 Å². The molecule has 0 fully saturated rings. The summed E-state index contributed by atoms with van der Waals surface area (Å²) < 4.78 is 6.79. The molecule has 0 saturated carbocycles. The van der Waals surface area contributed by atoms with Crippen molar-refractivity contribution < 1.29 is 4.74 Å². The molecule has 0 amide bonds. The molecule has 0 bridgehead atoms. The number of aromatic nitrogens is 3. The van der Waals surface area contributed by atoms with Crippen LogP contribution in [0.25, 0.3) is 0 Å². The molecule has 0 aliphatic carbocycles. The number of rotatable bonds is 7. The normalized spacial score (nSPS) is 10.8. The third-order valence-corrected chi connectivity index (χ3v) is 3.51. The van der Waals surface area contributed by atoms with Gasteiger partial charge in [-0.15, -0.1) is 0 Å². The van der Waals surface area contributed by atoms with Crippen LogP contribution in [0.2, 0.25) is 5.02 Å².